The van der Waals surface area contributed by atoms with Crippen LogP contribution in [0.15, 0.2) is 18.2 Å². The van der Waals surface area contributed by atoms with Gasteiger partial charge in [-0.05, 0) is 58.2 Å². The number of carbonyl (C=O) groups is 2. The van der Waals surface area contributed by atoms with Crippen molar-refractivity contribution in [2.75, 3.05) is 23.7 Å². The van der Waals surface area contributed by atoms with Crippen LogP contribution in [0, 0.1) is 6.92 Å². The Morgan fingerprint density at radius 3 is 2.50 bits per heavy atom. The molecule has 0 aromatic heterocycles. The summed E-state index contributed by atoms with van der Waals surface area (Å²) in [6.07, 6.45) is 2.11. The van der Waals surface area contributed by atoms with Crippen LogP contribution in [0.2, 0.25) is 0 Å². The Morgan fingerprint density at radius 2 is 1.92 bits per heavy atom. The second-order valence-electron chi connectivity index (χ2n) is 7.20. The SMILES string of the molecule is Cc1ccc(NC=O)c(NC2CCN(C(=O)OC(C)(C)C)CC2)c1. The number of nitrogens with zero attached hydrogens (tertiary/aromatic N) is 1. The Labute approximate surface area is 143 Å². The van der Waals surface area contributed by atoms with Crippen molar-refractivity contribution in [3.63, 3.8) is 0 Å². The van der Waals surface area contributed by atoms with Gasteiger partial charge in [0.25, 0.3) is 0 Å². The summed E-state index contributed by atoms with van der Waals surface area (Å²) in [7, 11) is 0. The topological polar surface area (TPSA) is 70.7 Å². The number of piperidine rings is 1. The number of aryl methyl sites for hydroxylation is 1. The summed E-state index contributed by atoms with van der Waals surface area (Å²) in [5, 5.41) is 6.20. The van der Waals surface area contributed by atoms with Gasteiger partial charge in [-0.2, -0.15) is 0 Å². The third-order valence-electron chi connectivity index (χ3n) is 3.90. The summed E-state index contributed by atoms with van der Waals surface area (Å²) in [5.41, 5.74) is 2.34. The Hall–Kier alpha value is -2.24. The standard InChI is InChI=1S/C18H27N3O3/c1-13-5-6-15(19-12-22)16(11-13)20-14-7-9-21(10-8-14)17(23)24-18(2,3)4/h5-6,11-12,14,20H,7-10H2,1-4H3,(H,19,22). The van der Waals surface area contributed by atoms with Gasteiger partial charge in [0.1, 0.15) is 5.60 Å². The first-order chi connectivity index (χ1) is 11.3. The molecule has 2 N–H and O–H groups in total. The normalized spacial score (nSPS) is 15.8. The van der Waals surface area contributed by atoms with Crippen LogP contribution in [0.3, 0.4) is 0 Å². The number of hydrogen-bond acceptors (Lipinski definition) is 4. The number of anilines is 2. The molecule has 0 spiro atoms. The van der Waals surface area contributed by atoms with E-state index in [-0.39, 0.29) is 12.1 Å². The third-order valence-corrected chi connectivity index (χ3v) is 3.90. The van der Waals surface area contributed by atoms with Crippen LogP contribution in [0.4, 0.5) is 16.2 Å². The maximum atomic E-state index is 12.1. The van der Waals surface area contributed by atoms with Crippen LogP contribution >= 0.6 is 0 Å². The van der Waals surface area contributed by atoms with Crippen molar-refractivity contribution < 1.29 is 14.3 Å². The molecule has 132 valence electrons. The highest BCUT2D eigenvalue weighted by Crippen LogP contribution is 2.26. The molecule has 0 atom stereocenters. The number of carbonyl (C=O) groups excluding carboxylic acids is 2. The molecule has 1 aromatic carbocycles. The number of nitrogens with one attached hydrogen (secondary N) is 2. The molecule has 1 heterocycles. The van der Waals surface area contributed by atoms with Crippen LogP contribution in [0.25, 0.3) is 0 Å². The van der Waals surface area contributed by atoms with Crippen LogP contribution in [-0.4, -0.2) is 42.1 Å². The van der Waals surface area contributed by atoms with Crippen molar-refractivity contribution in [2.24, 2.45) is 0 Å². The molecule has 2 rings (SSSR count). The molecule has 2 amide bonds. The van der Waals surface area contributed by atoms with E-state index in [4.69, 9.17) is 4.74 Å². The second-order valence-corrected chi connectivity index (χ2v) is 7.20. The Kier molecular flexibility index (Phi) is 5.70. The van der Waals surface area contributed by atoms with Gasteiger partial charge >= 0.3 is 6.09 Å². The fraction of sp³-hybridized carbons (Fsp3) is 0.556. The van der Waals surface area contributed by atoms with Gasteiger partial charge in [0.05, 0.1) is 11.4 Å². The zero-order chi connectivity index (χ0) is 17.7. The minimum atomic E-state index is -0.469. The molecule has 1 fully saturated rings. The van der Waals surface area contributed by atoms with E-state index in [2.05, 4.69) is 10.6 Å². The molecule has 1 aromatic rings. The van der Waals surface area contributed by atoms with Crippen molar-refractivity contribution in [3.8, 4) is 0 Å². The van der Waals surface area contributed by atoms with Crippen LogP contribution in [-0.2, 0) is 9.53 Å². The van der Waals surface area contributed by atoms with Crippen molar-refractivity contribution in [2.45, 2.75) is 52.2 Å². The van der Waals surface area contributed by atoms with Crippen LogP contribution < -0.4 is 10.6 Å². The van der Waals surface area contributed by atoms with E-state index in [1.54, 1.807) is 4.90 Å². The van der Waals surface area contributed by atoms with Gasteiger partial charge in [-0.15, -0.1) is 0 Å². The molecule has 0 bridgehead atoms. The average molecular weight is 333 g/mol. The van der Waals surface area contributed by atoms with Crippen molar-refractivity contribution in [1.82, 2.24) is 4.90 Å². The lowest BCUT2D eigenvalue weighted by atomic mass is 10.0. The average Bonchev–Trinajstić information content (AvgIpc) is 2.49. The quantitative estimate of drug-likeness (QED) is 0.829. The first-order valence-electron chi connectivity index (χ1n) is 8.34. The lowest BCUT2D eigenvalue weighted by Crippen LogP contribution is -2.44. The Morgan fingerprint density at radius 1 is 1.25 bits per heavy atom. The fourth-order valence-corrected chi connectivity index (χ4v) is 2.72. The van der Waals surface area contributed by atoms with Gasteiger partial charge in [-0.25, -0.2) is 4.79 Å². The molecule has 1 aliphatic heterocycles. The summed E-state index contributed by atoms with van der Waals surface area (Å²) in [6.45, 7) is 8.96. The molecular weight excluding hydrogens is 306 g/mol. The maximum absolute atomic E-state index is 12.1. The summed E-state index contributed by atoms with van der Waals surface area (Å²) in [5.74, 6) is 0. The minimum Gasteiger partial charge on any atom is -0.444 e. The molecule has 0 saturated carbocycles. The monoisotopic (exact) mass is 333 g/mol. The smallest absolute Gasteiger partial charge is 0.410 e. The molecule has 0 radical (unpaired) electrons. The number of rotatable bonds is 4. The summed E-state index contributed by atoms with van der Waals surface area (Å²) in [4.78, 5) is 24.6. The Balaban J connectivity index is 1.93. The van der Waals surface area contributed by atoms with Gasteiger partial charge in [0.15, 0.2) is 0 Å². The van der Waals surface area contributed by atoms with E-state index in [0.29, 0.717) is 19.5 Å². The number of hydrogen-bond donors (Lipinski definition) is 2. The number of ether oxygens (including phenoxy) is 1. The van der Waals surface area contributed by atoms with Gasteiger partial charge in [-0.3, -0.25) is 4.79 Å². The second kappa shape index (κ2) is 7.55. The van der Waals surface area contributed by atoms with Crippen molar-refractivity contribution in [3.05, 3.63) is 23.8 Å². The zero-order valence-electron chi connectivity index (χ0n) is 14.9. The van der Waals surface area contributed by atoms with Crippen LogP contribution in [0.1, 0.15) is 39.2 Å². The highest BCUT2D eigenvalue weighted by molar-refractivity contribution is 5.81. The van der Waals surface area contributed by atoms with E-state index in [0.717, 1.165) is 29.8 Å². The van der Waals surface area contributed by atoms with Gasteiger partial charge < -0.3 is 20.3 Å². The van der Waals surface area contributed by atoms with Crippen molar-refractivity contribution in [1.29, 1.82) is 0 Å². The summed E-state index contributed by atoms with van der Waals surface area (Å²) in [6, 6.07) is 6.13. The van der Waals surface area contributed by atoms with Gasteiger partial charge in [0.2, 0.25) is 6.41 Å². The van der Waals surface area contributed by atoms with Crippen molar-refractivity contribution >= 4 is 23.9 Å². The summed E-state index contributed by atoms with van der Waals surface area (Å²) < 4.78 is 5.42. The lowest BCUT2D eigenvalue weighted by molar-refractivity contribution is -0.105. The lowest BCUT2D eigenvalue weighted by Gasteiger charge is -2.34. The predicted molar refractivity (Wildman–Crippen MR) is 95.3 cm³/mol. The molecule has 0 unspecified atom stereocenters. The molecule has 24 heavy (non-hydrogen) atoms. The molecule has 1 aliphatic rings. The zero-order valence-corrected chi connectivity index (χ0v) is 14.9. The largest absolute Gasteiger partial charge is 0.444 e. The van der Waals surface area contributed by atoms with E-state index in [1.165, 1.54) is 0 Å². The fourth-order valence-electron chi connectivity index (χ4n) is 2.72. The van der Waals surface area contributed by atoms with Gasteiger partial charge in [0, 0.05) is 19.1 Å². The molecule has 6 heteroatoms. The van der Waals surface area contributed by atoms with E-state index in [1.807, 2.05) is 45.9 Å². The van der Waals surface area contributed by atoms with Crippen LogP contribution in [0.5, 0.6) is 0 Å². The molecule has 0 aliphatic carbocycles. The molecule has 6 nitrogen and oxygen atoms in total. The van der Waals surface area contributed by atoms with E-state index < -0.39 is 5.60 Å². The van der Waals surface area contributed by atoms with Gasteiger partial charge in [-0.1, -0.05) is 6.07 Å². The first kappa shape index (κ1) is 18.1. The maximum Gasteiger partial charge on any atom is 0.410 e. The Bertz CT molecular complexity index is 588. The predicted octanol–water partition coefficient (Wildman–Crippen LogP) is 3.37. The highest BCUT2D eigenvalue weighted by Gasteiger charge is 2.27. The van der Waals surface area contributed by atoms with E-state index >= 15 is 0 Å². The minimum absolute atomic E-state index is 0.250. The van der Waals surface area contributed by atoms with E-state index in [9.17, 15) is 9.59 Å². The highest BCUT2D eigenvalue weighted by atomic mass is 16.6. The number of likely N-dealkylation sites (tertiary alicyclic amines) is 1. The number of amides is 2. The first-order valence-corrected chi connectivity index (χ1v) is 8.34. The summed E-state index contributed by atoms with van der Waals surface area (Å²) >= 11 is 0. The molecular formula is C18H27N3O3. The third kappa shape index (κ3) is 5.15. The number of benzene rings is 1. The molecule has 1 saturated heterocycles.